The highest BCUT2D eigenvalue weighted by Crippen LogP contribution is 2.38. The first-order valence-corrected chi connectivity index (χ1v) is 8.68. The molecule has 0 saturated carbocycles. The summed E-state index contributed by atoms with van der Waals surface area (Å²) < 4.78 is 11.1. The zero-order chi connectivity index (χ0) is 15.8. The van der Waals surface area contributed by atoms with Gasteiger partial charge in [0.2, 0.25) is 5.91 Å². The van der Waals surface area contributed by atoms with Gasteiger partial charge in [0.25, 0.3) is 0 Å². The smallest absolute Gasteiger partial charge is 0.227 e. The van der Waals surface area contributed by atoms with Gasteiger partial charge in [0.05, 0.1) is 11.4 Å². The minimum Gasteiger partial charge on any atom is -0.486 e. The van der Waals surface area contributed by atoms with Crippen LogP contribution < -0.4 is 14.8 Å². The van der Waals surface area contributed by atoms with Crippen molar-refractivity contribution in [1.29, 1.82) is 0 Å². The third-order valence-electron chi connectivity index (χ3n) is 4.89. The number of ether oxygens (including phenoxy) is 2. The lowest BCUT2D eigenvalue weighted by Gasteiger charge is -2.25. The summed E-state index contributed by atoms with van der Waals surface area (Å²) in [5.74, 6) is 1.39. The van der Waals surface area contributed by atoms with E-state index in [0.717, 1.165) is 25.1 Å². The van der Waals surface area contributed by atoms with E-state index in [2.05, 4.69) is 5.32 Å². The Morgan fingerprint density at radius 2 is 2.00 bits per heavy atom. The van der Waals surface area contributed by atoms with Crippen LogP contribution in [-0.2, 0) is 11.2 Å². The van der Waals surface area contributed by atoms with Gasteiger partial charge in [0.15, 0.2) is 11.5 Å². The van der Waals surface area contributed by atoms with Crippen molar-refractivity contribution < 1.29 is 14.3 Å². The quantitative estimate of drug-likeness (QED) is 0.865. The molecule has 4 rings (SSSR count). The Morgan fingerprint density at radius 1 is 1.21 bits per heavy atom. The van der Waals surface area contributed by atoms with Crippen LogP contribution in [0.1, 0.15) is 24.8 Å². The van der Waals surface area contributed by atoms with E-state index in [9.17, 15) is 4.79 Å². The predicted octanol–water partition coefficient (Wildman–Crippen LogP) is 2.43. The standard InChI is InChI=1S/C17H21ClN2O3.ClH/c18-14-7-11(8-15-17(14)23-6-5-22-15)9-16(21)20-4-3-12-1-2-13(10-20)19-12;/h7-8,12-13,19H,1-6,9-10H2;1H. The summed E-state index contributed by atoms with van der Waals surface area (Å²) in [6, 6.07) is 4.73. The normalized spacial score (nSPS) is 25.0. The number of benzene rings is 1. The Hall–Kier alpha value is -1.17. The van der Waals surface area contributed by atoms with Gasteiger partial charge < -0.3 is 19.7 Å². The van der Waals surface area contributed by atoms with Crippen LogP contribution in [0.3, 0.4) is 0 Å². The molecule has 7 heteroatoms. The molecule has 0 aromatic heterocycles. The van der Waals surface area contributed by atoms with E-state index in [0.29, 0.717) is 48.2 Å². The second kappa shape index (κ2) is 7.38. The Labute approximate surface area is 153 Å². The van der Waals surface area contributed by atoms with Crippen molar-refractivity contribution in [3.63, 3.8) is 0 Å². The van der Waals surface area contributed by atoms with Crippen LogP contribution in [-0.4, -0.2) is 49.2 Å². The number of carbonyl (C=O) groups is 1. The van der Waals surface area contributed by atoms with Gasteiger partial charge in [-0.25, -0.2) is 0 Å². The monoisotopic (exact) mass is 372 g/mol. The fourth-order valence-electron chi connectivity index (χ4n) is 3.72. The molecule has 1 aromatic carbocycles. The van der Waals surface area contributed by atoms with Crippen molar-refractivity contribution in [2.45, 2.75) is 37.8 Å². The van der Waals surface area contributed by atoms with Crippen LogP contribution in [0, 0.1) is 0 Å². The van der Waals surface area contributed by atoms with E-state index < -0.39 is 0 Å². The molecule has 1 amide bonds. The van der Waals surface area contributed by atoms with Crippen molar-refractivity contribution in [2.24, 2.45) is 0 Å². The number of amides is 1. The molecule has 2 atom stereocenters. The largest absolute Gasteiger partial charge is 0.486 e. The van der Waals surface area contributed by atoms with Crippen molar-refractivity contribution in [1.82, 2.24) is 10.2 Å². The molecule has 3 aliphatic rings. The number of nitrogens with zero attached hydrogens (tertiary/aromatic N) is 1. The highest BCUT2D eigenvalue weighted by molar-refractivity contribution is 6.32. The molecule has 0 spiro atoms. The summed E-state index contributed by atoms with van der Waals surface area (Å²) in [6.45, 7) is 2.68. The van der Waals surface area contributed by atoms with Gasteiger partial charge in [0, 0.05) is 25.2 Å². The molecule has 2 unspecified atom stereocenters. The number of likely N-dealkylation sites (tertiary alicyclic amines) is 1. The van der Waals surface area contributed by atoms with Crippen molar-refractivity contribution in [3.05, 3.63) is 22.7 Å². The number of fused-ring (bicyclic) bond motifs is 3. The summed E-state index contributed by atoms with van der Waals surface area (Å²) in [5, 5.41) is 4.12. The first-order valence-electron chi connectivity index (χ1n) is 8.31. The second-order valence-corrected chi connectivity index (χ2v) is 6.95. The lowest BCUT2D eigenvalue weighted by atomic mass is 10.1. The summed E-state index contributed by atoms with van der Waals surface area (Å²) >= 11 is 6.25. The molecule has 2 bridgehead atoms. The van der Waals surface area contributed by atoms with Crippen molar-refractivity contribution in [3.8, 4) is 11.5 Å². The maximum Gasteiger partial charge on any atom is 0.227 e. The number of nitrogens with one attached hydrogen (secondary N) is 1. The fourth-order valence-corrected chi connectivity index (χ4v) is 4.01. The van der Waals surface area contributed by atoms with Crippen LogP contribution >= 0.6 is 24.0 Å². The number of rotatable bonds is 2. The lowest BCUT2D eigenvalue weighted by Crippen LogP contribution is -2.39. The molecule has 2 fully saturated rings. The molecular weight excluding hydrogens is 351 g/mol. The number of carbonyl (C=O) groups excluding carboxylic acids is 1. The molecule has 1 aromatic rings. The van der Waals surface area contributed by atoms with Gasteiger partial charge in [-0.1, -0.05) is 11.6 Å². The molecule has 1 N–H and O–H groups in total. The van der Waals surface area contributed by atoms with E-state index in [1.807, 2.05) is 17.0 Å². The van der Waals surface area contributed by atoms with Crippen LogP contribution in [0.5, 0.6) is 11.5 Å². The zero-order valence-corrected chi connectivity index (χ0v) is 15.0. The fraction of sp³-hybridized carbons (Fsp3) is 0.588. The molecule has 132 valence electrons. The first kappa shape index (κ1) is 17.6. The number of hydrogen-bond donors (Lipinski definition) is 1. The van der Waals surface area contributed by atoms with Crippen LogP contribution in [0.4, 0.5) is 0 Å². The molecule has 0 radical (unpaired) electrons. The minimum atomic E-state index is 0. The van der Waals surface area contributed by atoms with E-state index in [1.54, 1.807) is 0 Å². The molecule has 0 aliphatic carbocycles. The van der Waals surface area contributed by atoms with Gasteiger partial charge in [-0.3, -0.25) is 4.79 Å². The number of hydrogen-bond acceptors (Lipinski definition) is 4. The van der Waals surface area contributed by atoms with Crippen molar-refractivity contribution >= 4 is 29.9 Å². The second-order valence-electron chi connectivity index (χ2n) is 6.54. The Balaban J connectivity index is 0.00000169. The Kier molecular flexibility index (Phi) is 5.42. The molecule has 24 heavy (non-hydrogen) atoms. The molecular formula is C17H22Cl2N2O3. The van der Waals surface area contributed by atoms with E-state index in [-0.39, 0.29) is 18.3 Å². The maximum atomic E-state index is 12.7. The van der Waals surface area contributed by atoms with E-state index in [4.69, 9.17) is 21.1 Å². The van der Waals surface area contributed by atoms with Crippen LogP contribution in [0.25, 0.3) is 0 Å². The average molecular weight is 373 g/mol. The van der Waals surface area contributed by atoms with E-state index in [1.165, 1.54) is 12.8 Å². The van der Waals surface area contributed by atoms with Crippen molar-refractivity contribution in [2.75, 3.05) is 26.3 Å². The lowest BCUT2D eigenvalue weighted by molar-refractivity contribution is -0.130. The average Bonchev–Trinajstić information content (AvgIpc) is 2.86. The third kappa shape index (κ3) is 3.58. The summed E-state index contributed by atoms with van der Waals surface area (Å²) in [6.07, 6.45) is 3.81. The molecule has 5 nitrogen and oxygen atoms in total. The highest BCUT2D eigenvalue weighted by atomic mass is 35.5. The summed E-state index contributed by atoms with van der Waals surface area (Å²) in [4.78, 5) is 14.6. The van der Waals surface area contributed by atoms with Gasteiger partial charge in [-0.2, -0.15) is 0 Å². The van der Waals surface area contributed by atoms with Gasteiger partial charge in [-0.15, -0.1) is 12.4 Å². The first-order chi connectivity index (χ1) is 11.2. The molecule has 2 saturated heterocycles. The highest BCUT2D eigenvalue weighted by Gasteiger charge is 2.31. The maximum absolute atomic E-state index is 12.7. The SMILES string of the molecule is Cl.O=C(Cc1cc(Cl)c2c(c1)OCCO2)N1CCC2CCC(C1)N2. The summed E-state index contributed by atoms with van der Waals surface area (Å²) in [5.41, 5.74) is 0.881. The van der Waals surface area contributed by atoms with Crippen LogP contribution in [0.15, 0.2) is 12.1 Å². The van der Waals surface area contributed by atoms with Gasteiger partial charge >= 0.3 is 0 Å². The zero-order valence-electron chi connectivity index (χ0n) is 13.4. The van der Waals surface area contributed by atoms with Crippen LogP contribution in [0.2, 0.25) is 5.02 Å². The molecule has 3 heterocycles. The topological polar surface area (TPSA) is 50.8 Å². The van der Waals surface area contributed by atoms with Gasteiger partial charge in [0.1, 0.15) is 13.2 Å². The van der Waals surface area contributed by atoms with Gasteiger partial charge in [-0.05, 0) is 37.0 Å². The minimum absolute atomic E-state index is 0. The Bertz CT molecular complexity index is 626. The Morgan fingerprint density at radius 3 is 2.88 bits per heavy atom. The number of halogens is 2. The van der Waals surface area contributed by atoms with E-state index >= 15 is 0 Å². The summed E-state index contributed by atoms with van der Waals surface area (Å²) in [7, 11) is 0. The predicted molar refractivity (Wildman–Crippen MR) is 94.5 cm³/mol. The third-order valence-corrected chi connectivity index (χ3v) is 5.17. The molecule has 3 aliphatic heterocycles.